The molecule has 0 saturated heterocycles. The fraction of sp³-hybridized carbons (Fsp3) is 0.188. The van der Waals surface area contributed by atoms with Gasteiger partial charge in [0.05, 0.1) is 9.92 Å². The van der Waals surface area contributed by atoms with Crippen LogP contribution in [0.1, 0.15) is 12.8 Å². The Morgan fingerprint density at radius 3 is 2.29 bits per heavy atom. The Hall–Kier alpha value is -2.12. The SMILES string of the molecule is O=C(Nc1ccc(NS(=O)(=O)c2ccc(F)c(Cl)c2)cc1)C1CC1. The summed E-state index contributed by atoms with van der Waals surface area (Å²) in [4.78, 5) is 11.5. The Labute approximate surface area is 143 Å². The highest BCUT2D eigenvalue weighted by molar-refractivity contribution is 7.92. The molecule has 5 nitrogen and oxygen atoms in total. The van der Waals surface area contributed by atoms with E-state index in [1.165, 1.54) is 12.1 Å². The van der Waals surface area contributed by atoms with Gasteiger partial charge in [0.2, 0.25) is 5.91 Å². The number of rotatable bonds is 5. The third-order valence-electron chi connectivity index (χ3n) is 3.55. The molecule has 0 aromatic heterocycles. The van der Waals surface area contributed by atoms with E-state index < -0.39 is 15.8 Å². The number of sulfonamides is 1. The Bertz CT molecular complexity index is 881. The predicted octanol–water partition coefficient (Wildman–Crippen LogP) is 3.63. The number of carbonyl (C=O) groups excluding carboxylic acids is 1. The summed E-state index contributed by atoms with van der Waals surface area (Å²) in [7, 11) is -3.88. The van der Waals surface area contributed by atoms with Crippen molar-refractivity contribution >= 4 is 38.9 Å². The highest BCUT2D eigenvalue weighted by Crippen LogP contribution is 2.30. The van der Waals surface area contributed by atoms with E-state index in [2.05, 4.69) is 10.0 Å². The first-order valence-electron chi connectivity index (χ1n) is 7.24. The monoisotopic (exact) mass is 368 g/mol. The average molecular weight is 369 g/mol. The maximum atomic E-state index is 13.1. The average Bonchev–Trinajstić information content (AvgIpc) is 3.36. The number of carbonyl (C=O) groups is 1. The van der Waals surface area contributed by atoms with Gasteiger partial charge in [0.15, 0.2) is 0 Å². The van der Waals surface area contributed by atoms with Gasteiger partial charge in [-0.2, -0.15) is 0 Å². The molecule has 0 aliphatic heterocycles. The van der Waals surface area contributed by atoms with Crippen LogP contribution in [0.25, 0.3) is 0 Å². The summed E-state index contributed by atoms with van der Waals surface area (Å²) < 4.78 is 40.0. The molecule has 0 atom stereocenters. The molecule has 3 rings (SSSR count). The van der Waals surface area contributed by atoms with E-state index in [9.17, 15) is 17.6 Å². The number of halogens is 2. The van der Waals surface area contributed by atoms with Gasteiger partial charge in [-0.15, -0.1) is 0 Å². The molecule has 0 radical (unpaired) electrons. The van der Waals surface area contributed by atoms with Crippen molar-refractivity contribution < 1.29 is 17.6 Å². The van der Waals surface area contributed by atoms with Crippen LogP contribution in [0.4, 0.5) is 15.8 Å². The van der Waals surface area contributed by atoms with Gasteiger partial charge in [0, 0.05) is 17.3 Å². The van der Waals surface area contributed by atoms with Gasteiger partial charge in [-0.25, -0.2) is 12.8 Å². The molecular formula is C16H14ClFN2O3S. The van der Waals surface area contributed by atoms with Gasteiger partial charge in [-0.3, -0.25) is 9.52 Å². The number of amides is 1. The number of anilines is 2. The van der Waals surface area contributed by atoms with Crippen molar-refractivity contribution in [2.45, 2.75) is 17.7 Å². The normalized spacial score (nSPS) is 14.2. The zero-order chi connectivity index (χ0) is 17.3. The Morgan fingerprint density at radius 2 is 1.71 bits per heavy atom. The molecule has 1 aliphatic rings. The number of hydrogen-bond donors (Lipinski definition) is 2. The van der Waals surface area contributed by atoms with Crippen LogP contribution < -0.4 is 10.0 Å². The summed E-state index contributed by atoms with van der Waals surface area (Å²) in [6.07, 6.45) is 1.81. The van der Waals surface area contributed by atoms with E-state index in [1.54, 1.807) is 12.1 Å². The molecule has 1 aliphatic carbocycles. The highest BCUT2D eigenvalue weighted by Gasteiger charge is 2.29. The molecule has 2 N–H and O–H groups in total. The molecule has 1 amide bonds. The second kappa shape index (κ2) is 6.41. The number of nitrogens with one attached hydrogen (secondary N) is 2. The summed E-state index contributed by atoms with van der Waals surface area (Å²) in [6, 6.07) is 9.45. The molecule has 1 fully saturated rings. The van der Waals surface area contributed by atoms with Crippen LogP contribution in [-0.2, 0) is 14.8 Å². The molecule has 0 unspecified atom stereocenters. The molecule has 126 valence electrons. The third kappa shape index (κ3) is 3.85. The minimum atomic E-state index is -3.88. The lowest BCUT2D eigenvalue weighted by molar-refractivity contribution is -0.117. The topological polar surface area (TPSA) is 75.3 Å². The molecule has 8 heteroatoms. The van der Waals surface area contributed by atoms with Crippen molar-refractivity contribution in [3.05, 3.63) is 53.3 Å². The van der Waals surface area contributed by atoms with Crippen molar-refractivity contribution in [3.8, 4) is 0 Å². The standard InChI is InChI=1S/C16H14ClFN2O3S/c17-14-9-13(7-8-15(14)18)24(22,23)20-12-5-3-11(4-6-12)19-16(21)10-1-2-10/h3-10,20H,1-2H2,(H,19,21). The first kappa shape index (κ1) is 16.7. The zero-order valence-corrected chi connectivity index (χ0v) is 14.0. The summed E-state index contributed by atoms with van der Waals surface area (Å²) in [5, 5.41) is 2.50. The van der Waals surface area contributed by atoms with E-state index in [-0.39, 0.29) is 21.7 Å². The van der Waals surface area contributed by atoms with Crippen molar-refractivity contribution in [1.29, 1.82) is 0 Å². The van der Waals surface area contributed by atoms with Gasteiger partial charge in [-0.05, 0) is 55.3 Å². The van der Waals surface area contributed by atoms with E-state index in [0.717, 1.165) is 31.0 Å². The van der Waals surface area contributed by atoms with Crippen LogP contribution in [0.2, 0.25) is 5.02 Å². The third-order valence-corrected chi connectivity index (χ3v) is 5.22. The van der Waals surface area contributed by atoms with Gasteiger partial charge < -0.3 is 5.32 Å². The molecule has 1 saturated carbocycles. The second-order valence-corrected chi connectivity index (χ2v) is 7.61. The van der Waals surface area contributed by atoms with E-state index >= 15 is 0 Å². The Kier molecular flexibility index (Phi) is 4.47. The fourth-order valence-electron chi connectivity index (χ4n) is 2.07. The van der Waals surface area contributed by atoms with E-state index in [4.69, 9.17) is 11.6 Å². The first-order chi connectivity index (χ1) is 11.3. The van der Waals surface area contributed by atoms with Crippen LogP contribution >= 0.6 is 11.6 Å². The molecule has 2 aromatic carbocycles. The minimum Gasteiger partial charge on any atom is -0.326 e. The molecule has 0 heterocycles. The van der Waals surface area contributed by atoms with Crippen molar-refractivity contribution in [2.75, 3.05) is 10.0 Å². The van der Waals surface area contributed by atoms with Crippen LogP contribution in [0.5, 0.6) is 0 Å². The van der Waals surface area contributed by atoms with Crippen LogP contribution in [0, 0.1) is 11.7 Å². The smallest absolute Gasteiger partial charge is 0.261 e. The summed E-state index contributed by atoms with van der Waals surface area (Å²) in [6.45, 7) is 0. The maximum Gasteiger partial charge on any atom is 0.261 e. The highest BCUT2D eigenvalue weighted by atomic mass is 35.5. The minimum absolute atomic E-state index is 0.0238. The number of benzene rings is 2. The number of hydrogen-bond acceptors (Lipinski definition) is 3. The van der Waals surface area contributed by atoms with E-state index in [1.807, 2.05) is 0 Å². The van der Waals surface area contributed by atoms with Crippen molar-refractivity contribution in [3.63, 3.8) is 0 Å². The maximum absolute atomic E-state index is 13.1. The second-order valence-electron chi connectivity index (χ2n) is 5.52. The van der Waals surface area contributed by atoms with Crippen molar-refractivity contribution in [1.82, 2.24) is 0 Å². The van der Waals surface area contributed by atoms with Gasteiger partial charge in [-0.1, -0.05) is 11.6 Å². The summed E-state index contributed by atoms with van der Waals surface area (Å²) in [5.74, 6) is -0.623. The summed E-state index contributed by atoms with van der Waals surface area (Å²) in [5.41, 5.74) is 0.916. The van der Waals surface area contributed by atoms with Crippen LogP contribution in [0.3, 0.4) is 0 Å². The quantitative estimate of drug-likeness (QED) is 0.846. The van der Waals surface area contributed by atoms with Crippen LogP contribution in [0.15, 0.2) is 47.4 Å². The lowest BCUT2D eigenvalue weighted by atomic mass is 10.2. The van der Waals surface area contributed by atoms with Crippen molar-refractivity contribution in [2.24, 2.45) is 5.92 Å². The zero-order valence-electron chi connectivity index (χ0n) is 12.4. The molecule has 24 heavy (non-hydrogen) atoms. The Balaban J connectivity index is 1.72. The van der Waals surface area contributed by atoms with Gasteiger partial charge in [0.25, 0.3) is 10.0 Å². The molecular weight excluding hydrogens is 355 g/mol. The lowest BCUT2D eigenvalue weighted by Crippen LogP contribution is -2.14. The van der Waals surface area contributed by atoms with Gasteiger partial charge in [0.1, 0.15) is 5.82 Å². The largest absolute Gasteiger partial charge is 0.326 e. The molecule has 0 spiro atoms. The molecule has 2 aromatic rings. The first-order valence-corrected chi connectivity index (χ1v) is 9.10. The summed E-state index contributed by atoms with van der Waals surface area (Å²) >= 11 is 5.62. The molecule has 0 bridgehead atoms. The lowest BCUT2D eigenvalue weighted by Gasteiger charge is -2.10. The van der Waals surface area contributed by atoms with Crippen LogP contribution in [-0.4, -0.2) is 14.3 Å². The van der Waals surface area contributed by atoms with E-state index in [0.29, 0.717) is 11.4 Å². The fourth-order valence-corrected chi connectivity index (χ4v) is 3.40. The predicted molar refractivity (Wildman–Crippen MR) is 90.0 cm³/mol. The van der Waals surface area contributed by atoms with Gasteiger partial charge >= 0.3 is 0 Å². The Morgan fingerprint density at radius 1 is 1.08 bits per heavy atom.